The second kappa shape index (κ2) is 5.34. The van der Waals surface area contributed by atoms with Gasteiger partial charge in [0, 0.05) is 24.7 Å². The van der Waals surface area contributed by atoms with Gasteiger partial charge in [-0.15, -0.1) is 0 Å². The molecule has 1 heterocycles. The average molecular weight is 269 g/mol. The largest absolute Gasteiger partial charge is 0.481 e. The molecule has 6 heteroatoms. The molecule has 1 aromatic rings. The fraction of sp³-hybridized carbons (Fsp3) is 0.385. The van der Waals surface area contributed by atoms with E-state index in [-0.39, 0.29) is 12.1 Å². The number of amides is 1. The minimum atomic E-state index is -0.956. The van der Waals surface area contributed by atoms with Crippen LogP contribution in [-0.2, 0) is 4.79 Å². The van der Waals surface area contributed by atoms with E-state index in [1.807, 2.05) is 0 Å². The molecule has 0 aromatic heterocycles. The van der Waals surface area contributed by atoms with Gasteiger partial charge in [0.2, 0.25) is 0 Å². The molecule has 1 fully saturated rings. The highest BCUT2D eigenvalue weighted by Crippen LogP contribution is 2.19. The van der Waals surface area contributed by atoms with E-state index in [0.29, 0.717) is 25.5 Å². The maximum Gasteiger partial charge on any atom is 0.308 e. The van der Waals surface area contributed by atoms with E-state index in [2.05, 4.69) is 0 Å². The number of carbonyl (C=O) groups excluding carboxylic acids is 1. The zero-order valence-electron chi connectivity index (χ0n) is 10.1. The smallest absolute Gasteiger partial charge is 0.308 e. The maximum absolute atomic E-state index is 13.1. The van der Waals surface area contributed by atoms with Crippen molar-refractivity contribution in [2.75, 3.05) is 13.1 Å². The molecule has 0 radical (unpaired) electrons. The molecule has 1 N–H and O–H groups in total. The SMILES string of the molecule is O=C(O)C1CCCN(C(=O)c2cc(F)cc(F)c2)C1. The molecule has 1 aliphatic rings. The third-order valence-electron chi connectivity index (χ3n) is 3.17. The van der Waals surface area contributed by atoms with Crippen molar-refractivity contribution < 1.29 is 23.5 Å². The Labute approximate surface area is 108 Å². The molecule has 1 amide bonds. The highest BCUT2D eigenvalue weighted by atomic mass is 19.1. The number of likely N-dealkylation sites (tertiary alicyclic amines) is 1. The van der Waals surface area contributed by atoms with Gasteiger partial charge in [0.1, 0.15) is 11.6 Å². The fourth-order valence-corrected chi connectivity index (χ4v) is 2.22. The first kappa shape index (κ1) is 13.5. The molecule has 4 nitrogen and oxygen atoms in total. The van der Waals surface area contributed by atoms with Crippen LogP contribution in [0.2, 0.25) is 0 Å². The van der Waals surface area contributed by atoms with E-state index in [9.17, 15) is 18.4 Å². The van der Waals surface area contributed by atoms with Gasteiger partial charge in [-0.1, -0.05) is 0 Å². The number of nitrogens with zero attached hydrogens (tertiary/aromatic N) is 1. The minimum absolute atomic E-state index is 0.0757. The van der Waals surface area contributed by atoms with Crippen LogP contribution in [0.5, 0.6) is 0 Å². The Morgan fingerprint density at radius 2 is 1.84 bits per heavy atom. The third-order valence-corrected chi connectivity index (χ3v) is 3.17. The summed E-state index contributed by atoms with van der Waals surface area (Å²) in [6, 6.07) is 2.60. The van der Waals surface area contributed by atoms with Crippen molar-refractivity contribution in [2.45, 2.75) is 12.8 Å². The van der Waals surface area contributed by atoms with Crippen molar-refractivity contribution in [3.8, 4) is 0 Å². The highest BCUT2D eigenvalue weighted by Gasteiger charge is 2.28. The second-order valence-electron chi connectivity index (χ2n) is 4.59. The van der Waals surface area contributed by atoms with Gasteiger partial charge in [0.15, 0.2) is 0 Å². The Balaban J connectivity index is 2.16. The molecular weight excluding hydrogens is 256 g/mol. The van der Waals surface area contributed by atoms with E-state index in [1.54, 1.807) is 0 Å². The van der Waals surface area contributed by atoms with Gasteiger partial charge in [-0.3, -0.25) is 9.59 Å². The minimum Gasteiger partial charge on any atom is -0.481 e. The van der Waals surface area contributed by atoms with Crippen molar-refractivity contribution in [3.63, 3.8) is 0 Å². The van der Waals surface area contributed by atoms with E-state index in [1.165, 1.54) is 4.90 Å². The number of hydrogen-bond acceptors (Lipinski definition) is 2. The summed E-state index contributed by atoms with van der Waals surface area (Å²) in [6.07, 6.45) is 1.08. The van der Waals surface area contributed by atoms with Gasteiger partial charge < -0.3 is 10.0 Å². The molecule has 19 heavy (non-hydrogen) atoms. The van der Waals surface area contributed by atoms with Gasteiger partial charge in [0.05, 0.1) is 5.92 Å². The van der Waals surface area contributed by atoms with Crippen LogP contribution < -0.4 is 0 Å². The summed E-state index contributed by atoms with van der Waals surface area (Å²) in [6.45, 7) is 0.479. The lowest BCUT2D eigenvalue weighted by Crippen LogP contribution is -2.42. The van der Waals surface area contributed by atoms with Crippen LogP contribution in [0, 0.1) is 17.6 Å². The first-order valence-corrected chi connectivity index (χ1v) is 5.95. The first-order chi connectivity index (χ1) is 8.97. The molecule has 1 saturated heterocycles. The summed E-state index contributed by atoms with van der Waals surface area (Å²) in [5.74, 6) is -3.76. The van der Waals surface area contributed by atoms with Crippen LogP contribution in [0.1, 0.15) is 23.2 Å². The molecule has 1 atom stereocenters. The predicted octanol–water partition coefficient (Wildman–Crippen LogP) is 1.90. The fourth-order valence-electron chi connectivity index (χ4n) is 2.22. The number of benzene rings is 1. The van der Waals surface area contributed by atoms with Gasteiger partial charge in [-0.05, 0) is 25.0 Å². The number of halogens is 2. The standard InChI is InChI=1S/C13H13F2NO3/c14-10-4-9(5-11(15)6-10)12(17)16-3-1-2-8(7-16)13(18)19/h4-6,8H,1-3,7H2,(H,18,19). The van der Waals surface area contributed by atoms with E-state index >= 15 is 0 Å². The molecule has 0 spiro atoms. The highest BCUT2D eigenvalue weighted by molar-refractivity contribution is 5.94. The van der Waals surface area contributed by atoms with Gasteiger partial charge in [-0.2, -0.15) is 0 Å². The predicted molar refractivity (Wildman–Crippen MR) is 62.6 cm³/mol. The summed E-state index contributed by atoms with van der Waals surface area (Å²) >= 11 is 0. The van der Waals surface area contributed by atoms with Crippen molar-refractivity contribution in [1.82, 2.24) is 4.90 Å². The molecule has 0 bridgehead atoms. The molecule has 1 aromatic carbocycles. The van der Waals surface area contributed by atoms with Crippen molar-refractivity contribution in [3.05, 3.63) is 35.4 Å². The topological polar surface area (TPSA) is 57.6 Å². The number of carboxylic acid groups (broad SMARTS) is 1. The zero-order chi connectivity index (χ0) is 14.0. The Kier molecular flexibility index (Phi) is 3.78. The molecule has 2 rings (SSSR count). The summed E-state index contributed by atoms with van der Waals surface area (Å²) in [5.41, 5.74) is -0.0939. The Morgan fingerprint density at radius 3 is 2.42 bits per heavy atom. The maximum atomic E-state index is 13.1. The van der Waals surface area contributed by atoms with Crippen LogP contribution in [0.4, 0.5) is 8.78 Å². The third kappa shape index (κ3) is 3.07. The van der Waals surface area contributed by atoms with Crippen LogP contribution >= 0.6 is 0 Å². The summed E-state index contributed by atoms with van der Waals surface area (Å²) in [7, 11) is 0. The average Bonchev–Trinajstić information content (AvgIpc) is 2.37. The van der Waals surface area contributed by atoms with E-state index in [0.717, 1.165) is 12.1 Å². The summed E-state index contributed by atoms with van der Waals surface area (Å²) in [4.78, 5) is 24.3. The Bertz CT molecular complexity index is 498. The zero-order valence-corrected chi connectivity index (χ0v) is 10.1. The Hall–Kier alpha value is -1.98. The first-order valence-electron chi connectivity index (χ1n) is 5.95. The molecule has 102 valence electrons. The molecular formula is C13H13F2NO3. The summed E-state index contributed by atoms with van der Waals surface area (Å²) < 4.78 is 26.1. The quantitative estimate of drug-likeness (QED) is 0.892. The normalized spacial score (nSPS) is 19.3. The number of aliphatic carboxylic acids is 1. The van der Waals surface area contributed by atoms with Crippen molar-refractivity contribution in [1.29, 1.82) is 0 Å². The second-order valence-corrected chi connectivity index (χ2v) is 4.59. The van der Waals surface area contributed by atoms with Crippen LogP contribution in [0.3, 0.4) is 0 Å². The summed E-state index contributed by atoms with van der Waals surface area (Å²) in [5, 5.41) is 8.94. The van der Waals surface area contributed by atoms with Crippen LogP contribution in [0.15, 0.2) is 18.2 Å². The molecule has 1 unspecified atom stereocenters. The van der Waals surface area contributed by atoms with Gasteiger partial charge in [-0.25, -0.2) is 8.78 Å². The number of carbonyl (C=O) groups is 2. The van der Waals surface area contributed by atoms with Crippen LogP contribution in [0.25, 0.3) is 0 Å². The lowest BCUT2D eigenvalue weighted by atomic mass is 9.97. The van der Waals surface area contributed by atoms with Crippen molar-refractivity contribution in [2.24, 2.45) is 5.92 Å². The number of rotatable bonds is 2. The lowest BCUT2D eigenvalue weighted by molar-refractivity contribution is -0.143. The van der Waals surface area contributed by atoms with Crippen LogP contribution in [-0.4, -0.2) is 35.0 Å². The monoisotopic (exact) mass is 269 g/mol. The Morgan fingerprint density at radius 1 is 1.21 bits per heavy atom. The molecule has 0 saturated carbocycles. The van der Waals surface area contributed by atoms with Gasteiger partial charge in [0.25, 0.3) is 5.91 Å². The lowest BCUT2D eigenvalue weighted by Gasteiger charge is -2.30. The van der Waals surface area contributed by atoms with Crippen molar-refractivity contribution >= 4 is 11.9 Å². The number of carboxylic acids is 1. The number of piperidine rings is 1. The van der Waals surface area contributed by atoms with E-state index < -0.39 is 29.4 Å². The van der Waals surface area contributed by atoms with Gasteiger partial charge >= 0.3 is 5.97 Å². The molecule has 0 aliphatic carbocycles. The van der Waals surface area contributed by atoms with E-state index in [4.69, 9.17) is 5.11 Å². The number of hydrogen-bond donors (Lipinski definition) is 1. The molecule has 1 aliphatic heterocycles.